The van der Waals surface area contributed by atoms with Crippen molar-refractivity contribution < 1.29 is 9.53 Å². The van der Waals surface area contributed by atoms with Crippen molar-refractivity contribution in [1.82, 2.24) is 20.8 Å². The minimum atomic E-state index is -0.133. The molecule has 0 radical (unpaired) electrons. The van der Waals surface area contributed by atoms with E-state index in [9.17, 15) is 4.79 Å². The topological polar surface area (TPSA) is 79.0 Å². The summed E-state index contributed by atoms with van der Waals surface area (Å²) in [6.07, 6.45) is 0.897. The minimum Gasteiger partial charge on any atom is -0.380 e. The van der Waals surface area contributed by atoms with Crippen LogP contribution in [-0.2, 0) is 17.7 Å². The van der Waals surface area contributed by atoms with Crippen molar-refractivity contribution >= 4 is 5.91 Å². The first kappa shape index (κ1) is 12.1. The first-order valence-corrected chi connectivity index (χ1v) is 5.95. The number of aromatic nitrogens is 2. The molecule has 0 bridgehead atoms. The van der Waals surface area contributed by atoms with E-state index >= 15 is 0 Å². The summed E-state index contributed by atoms with van der Waals surface area (Å²) in [5.41, 5.74) is 2.56. The summed E-state index contributed by atoms with van der Waals surface area (Å²) in [6.45, 7) is 5.28. The minimum absolute atomic E-state index is 0.133. The van der Waals surface area contributed by atoms with E-state index in [0.29, 0.717) is 32.0 Å². The standard InChI is InChI=1S/C11H18N4O2/c1-2-17-6-5-13-11(16)10-8-7-12-4-3-9(8)14-15-10/h12H,2-7H2,1H3,(H,13,16)(H,14,15). The lowest BCUT2D eigenvalue weighted by Gasteiger charge is -2.12. The third kappa shape index (κ3) is 2.83. The van der Waals surface area contributed by atoms with E-state index < -0.39 is 0 Å². The second kappa shape index (κ2) is 5.79. The van der Waals surface area contributed by atoms with Crippen LogP contribution in [0.5, 0.6) is 0 Å². The number of aromatic amines is 1. The molecule has 2 heterocycles. The lowest BCUT2D eigenvalue weighted by molar-refractivity contribution is 0.0916. The van der Waals surface area contributed by atoms with Crippen LogP contribution in [0, 0.1) is 0 Å². The first-order valence-electron chi connectivity index (χ1n) is 5.95. The number of H-pyrrole nitrogens is 1. The predicted molar refractivity (Wildman–Crippen MR) is 62.8 cm³/mol. The van der Waals surface area contributed by atoms with Crippen molar-refractivity contribution in [2.24, 2.45) is 0 Å². The SMILES string of the molecule is CCOCCNC(=O)c1n[nH]c2c1CNCC2. The fourth-order valence-corrected chi connectivity index (χ4v) is 1.88. The zero-order chi connectivity index (χ0) is 12.1. The monoisotopic (exact) mass is 238 g/mol. The first-order chi connectivity index (χ1) is 8.33. The smallest absolute Gasteiger partial charge is 0.272 e. The van der Waals surface area contributed by atoms with Gasteiger partial charge >= 0.3 is 0 Å². The van der Waals surface area contributed by atoms with Crippen molar-refractivity contribution in [3.8, 4) is 0 Å². The van der Waals surface area contributed by atoms with Gasteiger partial charge in [-0.25, -0.2) is 0 Å². The normalized spacial score (nSPS) is 14.4. The van der Waals surface area contributed by atoms with E-state index in [1.807, 2.05) is 6.92 Å². The van der Waals surface area contributed by atoms with Crippen molar-refractivity contribution in [3.63, 3.8) is 0 Å². The lowest BCUT2D eigenvalue weighted by atomic mass is 10.1. The number of hydrogen-bond donors (Lipinski definition) is 3. The highest BCUT2D eigenvalue weighted by Crippen LogP contribution is 2.14. The molecule has 0 saturated heterocycles. The van der Waals surface area contributed by atoms with Crippen molar-refractivity contribution in [1.29, 1.82) is 0 Å². The summed E-state index contributed by atoms with van der Waals surface area (Å²) >= 11 is 0. The second-order valence-corrected chi connectivity index (χ2v) is 3.91. The maximum atomic E-state index is 11.9. The van der Waals surface area contributed by atoms with Gasteiger partial charge in [0.15, 0.2) is 5.69 Å². The van der Waals surface area contributed by atoms with Gasteiger partial charge in [0.2, 0.25) is 0 Å². The molecular formula is C11H18N4O2. The van der Waals surface area contributed by atoms with Crippen LogP contribution in [0.4, 0.5) is 0 Å². The van der Waals surface area contributed by atoms with Gasteiger partial charge in [0.25, 0.3) is 5.91 Å². The lowest BCUT2D eigenvalue weighted by Crippen LogP contribution is -2.30. The molecule has 1 aromatic rings. The Hall–Kier alpha value is -1.40. The van der Waals surface area contributed by atoms with E-state index in [1.165, 1.54) is 0 Å². The highest BCUT2D eigenvalue weighted by Gasteiger charge is 2.20. The third-order valence-electron chi connectivity index (χ3n) is 2.76. The number of fused-ring (bicyclic) bond motifs is 1. The fourth-order valence-electron chi connectivity index (χ4n) is 1.88. The second-order valence-electron chi connectivity index (χ2n) is 3.91. The number of rotatable bonds is 5. The molecule has 1 aromatic heterocycles. The predicted octanol–water partition coefficient (Wildman–Crippen LogP) is -0.178. The van der Waals surface area contributed by atoms with Gasteiger partial charge in [-0.1, -0.05) is 0 Å². The molecule has 1 aliphatic rings. The molecule has 2 rings (SSSR count). The molecule has 17 heavy (non-hydrogen) atoms. The highest BCUT2D eigenvalue weighted by molar-refractivity contribution is 5.94. The summed E-state index contributed by atoms with van der Waals surface area (Å²) in [5.74, 6) is -0.133. The molecule has 1 amide bonds. The summed E-state index contributed by atoms with van der Waals surface area (Å²) in [4.78, 5) is 11.9. The van der Waals surface area contributed by atoms with Crippen LogP contribution < -0.4 is 10.6 Å². The number of nitrogens with one attached hydrogen (secondary N) is 3. The van der Waals surface area contributed by atoms with Gasteiger partial charge in [-0.15, -0.1) is 0 Å². The Morgan fingerprint density at radius 3 is 3.29 bits per heavy atom. The fraction of sp³-hybridized carbons (Fsp3) is 0.636. The Morgan fingerprint density at radius 2 is 2.47 bits per heavy atom. The summed E-state index contributed by atoms with van der Waals surface area (Å²) in [5, 5.41) is 13.0. The molecular weight excluding hydrogens is 220 g/mol. The maximum absolute atomic E-state index is 11.9. The molecule has 0 unspecified atom stereocenters. The zero-order valence-electron chi connectivity index (χ0n) is 10.0. The highest BCUT2D eigenvalue weighted by atomic mass is 16.5. The van der Waals surface area contributed by atoms with Crippen molar-refractivity contribution in [2.45, 2.75) is 19.9 Å². The molecule has 1 aliphatic heterocycles. The van der Waals surface area contributed by atoms with E-state index in [4.69, 9.17) is 4.74 Å². The van der Waals surface area contributed by atoms with Crippen LogP contribution in [0.1, 0.15) is 28.7 Å². The molecule has 0 atom stereocenters. The van der Waals surface area contributed by atoms with Crippen molar-refractivity contribution in [3.05, 3.63) is 17.0 Å². The number of carbonyl (C=O) groups is 1. The van der Waals surface area contributed by atoms with E-state index in [0.717, 1.165) is 24.2 Å². The molecule has 94 valence electrons. The molecule has 6 heteroatoms. The van der Waals surface area contributed by atoms with Crippen LogP contribution in [0.2, 0.25) is 0 Å². The van der Waals surface area contributed by atoms with E-state index in [1.54, 1.807) is 0 Å². The van der Waals surface area contributed by atoms with Crippen LogP contribution in [0.25, 0.3) is 0 Å². The van der Waals surface area contributed by atoms with Gasteiger partial charge in [-0.05, 0) is 6.92 Å². The molecule has 0 aliphatic carbocycles. The number of ether oxygens (including phenoxy) is 1. The van der Waals surface area contributed by atoms with Gasteiger partial charge in [-0.3, -0.25) is 9.89 Å². The molecule has 6 nitrogen and oxygen atoms in total. The number of amides is 1. The van der Waals surface area contributed by atoms with Gasteiger partial charge < -0.3 is 15.4 Å². The Balaban J connectivity index is 1.92. The molecule has 0 aromatic carbocycles. The van der Waals surface area contributed by atoms with E-state index in [-0.39, 0.29) is 5.91 Å². The molecule has 0 saturated carbocycles. The van der Waals surface area contributed by atoms with Crippen LogP contribution >= 0.6 is 0 Å². The largest absolute Gasteiger partial charge is 0.380 e. The van der Waals surface area contributed by atoms with Gasteiger partial charge in [-0.2, -0.15) is 5.10 Å². The summed E-state index contributed by atoms with van der Waals surface area (Å²) < 4.78 is 5.16. The number of nitrogens with zero attached hydrogens (tertiary/aromatic N) is 1. The zero-order valence-corrected chi connectivity index (χ0v) is 10.0. The molecule has 0 fully saturated rings. The Bertz CT molecular complexity index is 389. The number of carbonyl (C=O) groups excluding carboxylic acids is 1. The molecule has 3 N–H and O–H groups in total. The quantitative estimate of drug-likeness (QED) is 0.622. The third-order valence-corrected chi connectivity index (χ3v) is 2.76. The summed E-state index contributed by atoms with van der Waals surface area (Å²) in [7, 11) is 0. The van der Waals surface area contributed by atoms with Crippen LogP contribution in [0.15, 0.2) is 0 Å². The summed E-state index contributed by atoms with van der Waals surface area (Å²) in [6, 6.07) is 0. The van der Waals surface area contributed by atoms with Crippen LogP contribution in [-0.4, -0.2) is 42.4 Å². The van der Waals surface area contributed by atoms with Gasteiger partial charge in [0.05, 0.1) is 6.61 Å². The van der Waals surface area contributed by atoms with Crippen molar-refractivity contribution in [2.75, 3.05) is 26.3 Å². The maximum Gasteiger partial charge on any atom is 0.272 e. The number of hydrogen-bond acceptors (Lipinski definition) is 4. The average Bonchev–Trinajstić information content (AvgIpc) is 2.78. The van der Waals surface area contributed by atoms with Gasteiger partial charge in [0, 0.05) is 43.9 Å². The Labute approximate surface area is 100 Å². The van der Waals surface area contributed by atoms with Gasteiger partial charge in [0.1, 0.15) is 0 Å². The molecule has 0 spiro atoms. The average molecular weight is 238 g/mol. The van der Waals surface area contributed by atoms with Crippen LogP contribution in [0.3, 0.4) is 0 Å². The van der Waals surface area contributed by atoms with E-state index in [2.05, 4.69) is 20.8 Å². The Morgan fingerprint density at radius 1 is 1.59 bits per heavy atom. The Kier molecular flexibility index (Phi) is 4.11.